The Bertz CT molecular complexity index is 359. The molecule has 0 aliphatic heterocycles. The van der Waals surface area contributed by atoms with Gasteiger partial charge in [-0.25, -0.2) is 0 Å². The third-order valence-electron chi connectivity index (χ3n) is 3.35. The number of hydrogen-bond donors (Lipinski definition) is 2. The molecule has 1 rings (SSSR count). The van der Waals surface area contributed by atoms with Crippen LogP contribution in [0.4, 0.5) is 0 Å². The first-order valence-electron chi connectivity index (χ1n) is 6.65. The second-order valence-electron chi connectivity index (χ2n) is 4.93. The van der Waals surface area contributed by atoms with E-state index in [1.807, 2.05) is 32.2 Å². The van der Waals surface area contributed by atoms with E-state index in [0.29, 0.717) is 13.0 Å². The lowest BCUT2D eigenvalue weighted by Crippen LogP contribution is -2.31. The summed E-state index contributed by atoms with van der Waals surface area (Å²) in [5.74, 6) is 0.854. The van der Waals surface area contributed by atoms with E-state index < -0.39 is 5.60 Å². The van der Waals surface area contributed by atoms with Gasteiger partial charge >= 0.3 is 0 Å². The topological polar surface area (TPSA) is 41.5 Å². The minimum Gasteiger partial charge on any atom is -0.490 e. The molecule has 0 bridgehead atoms. The Balaban J connectivity index is 2.82. The van der Waals surface area contributed by atoms with Gasteiger partial charge in [0.15, 0.2) is 0 Å². The van der Waals surface area contributed by atoms with E-state index in [0.717, 1.165) is 17.7 Å². The van der Waals surface area contributed by atoms with Gasteiger partial charge in [-0.1, -0.05) is 32.0 Å². The molecule has 0 heterocycles. The molecule has 0 saturated carbocycles. The fourth-order valence-corrected chi connectivity index (χ4v) is 1.81. The van der Waals surface area contributed by atoms with Gasteiger partial charge in [-0.2, -0.15) is 0 Å². The number of para-hydroxylation sites is 1. The van der Waals surface area contributed by atoms with Crippen LogP contribution in [0.5, 0.6) is 5.75 Å². The van der Waals surface area contributed by atoms with Crippen molar-refractivity contribution in [1.29, 1.82) is 0 Å². The van der Waals surface area contributed by atoms with E-state index in [1.54, 1.807) is 6.92 Å². The fourth-order valence-electron chi connectivity index (χ4n) is 1.81. The molecule has 2 N–H and O–H groups in total. The fraction of sp³-hybridized carbons (Fsp3) is 0.600. The van der Waals surface area contributed by atoms with Crippen molar-refractivity contribution >= 4 is 0 Å². The third-order valence-corrected chi connectivity index (χ3v) is 3.35. The molecule has 3 nitrogen and oxygen atoms in total. The molecule has 0 radical (unpaired) electrons. The molecular formula is C15H25NO2. The lowest BCUT2D eigenvalue weighted by Gasteiger charge is -2.24. The first-order valence-corrected chi connectivity index (χ1v) is 6.65. The molecule has 18 heavy (non-hydrogen) atoms. The molecule has 0 aliphatic rings. The van der Waals surface area contributed by atoms with E-state index in [-0.39, 0.29) is 6.04 Å². The predicted octanol–water partition coefficient (Wildman–Crippen LogP) is 2.90. The highest BCUT2D eigenvalue weighted by atomic mass is 16.5. The van der Waals surface area contributed by atoms with Crippen LogP contribution in [-0.2, 0) is 0 Å². The van der Waals surface area contributed by atoms with Gasteiger partial charge in [0.2, 0.25) is 0 Å². The summed E-state index contributed by atoms with van der Waals surface area (Å²) in [6.07, 6.45) is 1.68. The first kappa shape index (κ1) is 15.0. The smallest absolute Gasteiger partial charge is 0.124 e. The Morgan fingerprint density at radius 2 is 2.00 bits per heavy atom. The summed E-state index contributed by atoms with van der Waals surface area (Å²) in [6.45, 7) is 6.21. The average molecular weight is 251 g/mol. The molecule has 2 unspecified atom stereocenters. The Morgan fingerprint density at radius 1 is 1.33 bits per heavy atom. The summed E-state index contributed by atoms with van der Waals surface area (Å²) < 4.78 is 5.79. The van der Waals surface area contributed by atoms with Gasteiger partial charge in [0.25, 0.3) is 0 Å². The zero-order chi connectivity index (χ0) is 13.6. The van der Waals surface area contributed by atoms with E-state index in [9.17, 15) is 5.11 Å². The molecule has 0 spiro atoms. The van der Waals surface area contributed by atoms with Crippen molar-refractivity contribution in [3.8, 4) is 5.75 Å². The second-order valence-corrected chi connectivity index (χ2v) is 4.93. The van der Waals surface area contributed by atoms with Gasteiger partial charge in [0, 0.05) is 11.6 Å². The summed E-state index contributed by atoms with van der Waals surface area (Å²) in [7, 11) is 1.95. The van der Waals surface area contributed by atoms with E-state index in [4.69, 9.17) is 4.74 Å². The largest absolute Gasteiger partial charge is 0.490 e. The number of ether oxygens (including phenoxy) is 1. The van der Waals surface area contributed by atoms with Gasteiger partial charge in [0.1, 0.15) is 12.4 Å². The molecule has 1 aromatic carbocycles. The normalized spacial score (nSPS) is 16.1. The molecule has 2 atom stereocenters. The van der Waals surface area contributed by atoms with Gasteiger partial charge in [-0.3, -0.25) is 0 Å². The molecule has 102 valence electrons. The number of hydrogen-bond acceptors (Lipinski definition) is 3. The predicted molar refractivity (Wildman–Crippen MR) is 74.9 cm³/mol. The van der Waals surface area contributed by atoms with Gasteiger partial charge in [-0.05, 0) is 32.9 Å². The quantitative estimate of drug-likeness (QED) is 0.783. The lowest BCUT2D eigenvalue weighted by molar-refractivity contribution is 0.00803. The number of nitrogens with one attached hydrogen (secondary N) is 1. The van der Waals surface area contributed by atoms with E-state index in [1.165, 1.54) is 0 Å². The van der Waals surface area contributed by atoms with E-state index in [2.05, 4.69) is 18.3 Å². The van der Waals surface area contributed by atoms with Crippen molar-refractivity contribution in [3.63, 3.8) is 0 Å². The minimum absolute atomic E-state index is 0.285. The zero-order valence-corrected chi connectivity index (χ0v) is 11.9. The standard InChI is InChI=1S/C15H25NO2/c1-5-13(16-4)12-9-7-8-10-14(12)18-11-15(3,17)6-2/h7-10,13,16-17H,5-6,11H2,1-4H3. The van der Waals surface area contributed by atoms with Crippen molar-refractivity contribution in [2.75, 3.05) is 13.7 Å². The molecule has 3 heteroatoms. The maximum Gasteiger partial charge on any atom is 0.124 e. The monoisotopic (exact) mass is 251 g/mol. The summed E-state index contributed by atoms with van der Waals surface area (Å²) in [4.78, 5) is 0. The Kier molecular flexibility index (Phi) is 5.63. The van der Waals surface area contributed by atoms with Crippen LogP contribution in [0.15, 0.2) is 24.3 Å². The maximum absolute atomic E-state index is 9.99. The van der Waals surface area contributed by atoms with Crippen LogP contribution >= 0.6 is 0 Å². The highest BCUT2D eigenvalue weighted by Crippen LogP contribution is 2.27. The Labute approximate surface area is 110 Å². The maximum atomic E-state index is 9.99. The summed E-state index contributed by atoms with van der Waals surface area (Å²) in [6, 6.07) is 8.29. The van der Waals surface area contributed by atoms with Crippen LogP contribution in [0.2, 0.25) is 0 Å². The molecule has 0 fully saturated rings. The van der Waals surface area contributed by atoms with Crippen LogP contribution in [0.3, 0.4) is 0 Å². The van der Waals surface area contributed by atoms with Crippen molar-refractivity contribution in [1.82, 2.24) is 5.32 Å². The van der Waals surface area contributed by atoms with Crippen LogP contribution in [0.1, 0.15) is 45.2 Å². The molecule has 1 aromatic rings. The third kappa shape index (κ3) is 4.00. The number of benzene rings is 1. The summed E-state index contributed by atoms with van der Waals surface area (Å²) in [5, 5.41) is 13.3. The SMILES string of the molecule is CCC(NC)c1ccccc1OCC(C)(O)CC. The van der Waals surface area contributed by atoms with Gasteiger partial charge < -0.3 is 15.2 Å². The summed E-state index contributed by atoms with van der Waals surface area (Å²) >= 11 is 0. The van der Waals surface area contributed by atoms with Gasteiger partial charge in [-0.15, -0.1) is 0 Å². The Morgan fingerprint density at radius 3 is 2.56 bits per heavy atom. The second kappa shape index (κ2) is 6.76. The van der Waals surface area contributed by atoms with E-state index >= 15 is 0 Å². The molecule has 0 aliphatic carbocycles. The van der Waals surface area contributed by atoms with Crippen LogP contribution in [0.25, 0.3) is 0 Å². The highest BCUT2D eigenvalue weighted by Gasteiger charge is 2.20. The average Bonchev–Trinajstić information content (AvgIpc) is 2.39. The van der Waals surface area contributed by atoms with Crippen molar-refractivity contribution < 1.29 is 9.84 Å². The molecule has 0 amide bonds. The van der Waals surface area contributed by atoms with Crippen LogP contribution in [0, 0.1) is 0 Å². The van der Waals surface area contributed by atoms with Crippen LogP contribution in [-0.4, -0.2) is 24.4 Å². The van der Waals surface area contributed by atoms with Crippen molar-refractivity contribution in [2.45, 2.75) is 45.3 Å². The lowest BCUT2D eigenvalue weighted by atomic mass is 10.0. The van der Waals surface area contributed by atoms with Gasteiger partial charge in [0.05, 0.1) is 5.60 Å². The summed E-state index contributed by atoms with van der Waals surface area (Å²) in [5.41, 5.74) is 0.378. The van der Waals surface area contributed by atoms with Crippen LogP contribution < -0.4 is 10.1 Å². The zero-order valence-electron chi connectivity index (χ0n) is 11.9. The van der Waals surface area contributed by atoms with Crippen molar-refractivity contribution in [3.05, 3.63) is 29.8 Å². The first-order chi connectivity index (χ1) is 8.54. The molecule has 0 aromatic heterocycles. The van der Waals surface area contributed by atoms with Crippen molar-refractivity contribution in [2.24, 2.45) is 0 Å². The number of aliphatic hydroxyl groups is 1. The molecular weight excluding hydrogens is 226 g/mol. The highest BCUT2D eigenvalue weighted by molar-refractivity contribution is 5.36. The number of rotatable bonds is 7. The minimum atomic E-state index is -0.769. The Hall–Kier alpha value is -1.06. The molecule has 0 saturated heterocycles.